The van der Waals surface area contributed by atoms with Crippen LogP contribution in [0.25, 0.3) is 5.52 Å². The average molecular weight is 397 g/mol. The normalized spacial score (nSPS) is 17.1. The molecule has 5 rings (SSSR count). The minimum absolute atomic E-state index is 0.0412. The molecule has 3 aromatic rings. The summed E-state index contributed by atoms with van der Waals surface area (Å²) in [5, 5.41) is 4.80. The molecule has 8 heteroatoms. The van der Waals surface area contributed by atoms with Gasteiger partial charge in [0.15, 0.2) is 22.9 Å². The van der Waals surface area contributed by atoms with Gasteiger partial charge in [-0.25, -0.2) is 13.9 Å². The van der Waals surface area contributed by atoms with E-state index in [0.29, 0.717) is 43.5 Å². The zero-order valence-electron chi connectivity index (χ0n) is 16.5. The third-order valence-corrected chi connectivity index (χ3v) is 5.98. The van der Waals surface area contributed by atoms with Gasteiger partial charge < -0.3 is 9.64 Å². The molecule has 1 aliphatic heterocycles. The van der Waals surface area contributed by atoms with E-state index in [1.54, 1.807) is 27.4 Å². The fourth-order valence-corrected chi connectivity index (χ4v) is 4.49. The maximum Gasteiger partial charge on any atom is 0.279 e. The number of fused-ring (bicyclic) bond motifs is 2. The van der Waals surface area contributed by atoms with Gasteiger partial charge in [0.25, 0.3) is 5.56 Å². The lowest BCUT2D eigenvalue weighted by molar-refractivity contribution is 0.321. The van der Waals surface area contributed by atoms with Gasteiger partial charge in [-0.3, -0.25) is 9.36 Å². The van der Waals surface area contributed by atoms with Crippen molar-refractivity contribution in [1.82, 2.24) is 19.2 Å². The third-order valence-electron chi connectivity index (χ3n) is 5.98. The van der Waals surface area contributed by atoms with Crippen molar-refractivity contribution in [3.63, 3.8) is 0 Å². The van der Waals surface area contributed by atoms with E-state index < -0.39 is 0 Å². The van der Waals surface area contributed by atoms with Crippen LogP contribution in [0.1, 0.15) is 50.2 Å². The van der Waals surface area contributed by atoms with Crippen LogP contribution in [0.5, 0.6) is 5.75 Å². The SMILES string of the molecule is CCOc1cc(N2CCn3c(nn4c(C5CCCC5)ncc4c3=O)C2)ccc1F. The second kappa shape index (κ2) is 7.17. The molecule has 0 unspecified atom stereocenters. The van der Waals surface area contributed by atoms with E-state index in [2.05, 4.69) is 9.88 Å². The number of aromatic nitrogens is 4. The summed E-state index contributed by atoms with van der Waals surface area (Å²) in [4.78, 5) is 19.6. The largest absolute Gasteiger partial charge is 0.491 e. The van der Waals surface area contributed by atoms with E-state index in [0.717, 1.165) is 24.4 Å². The van der Waals surface area contributed by atoms with Gasteiger partial charge in [0.05, 0.1) is 19.3 Å². The van der Waals surface area contributed by atoms with Crippen LogP contribution in [0, 0.1) is 5.82 Å². The minimum atomic E-state index is -0.372. The molecule has 7 nitrogen and oxygen atoms in total. The van der Waals surface area contributed by atoms with Gasteiger partial charge >= 0.3 is 0 Å². The lowest BCUT2D eigenvalue weighted by Gasteiger charge is -2.31. The van der Waals surface area contributed by atoms with E-state index in [1.165, 1.54) is 18.9 Å². The Balaban J connectivity index is 1.52. The molecule has 0 saturated heterocycles. The highest BCUT2D eigenvalue weighted by atomic mass is 19.1. The molecule has 152 valence electrons. The fraction of sp³-hybridized carbons (Fsp3) is 0.476. The molecule has 0 atom stereocenters. The molecule has 29 heavy (non-hydrogen) atoms. The highest BCUT2D eigenvalue weighted by molar-refractivity contribution is 5.52. The predicted molar refractivity (Wildman–Crippen MR) is 107 cm³/mol. The average Bonchev–Trinajstić information content (AvgIpc) is 3.39. The number of hydrogen-bond acceptors (Lipinski definition) is 5. The molecule has 0 N–H and O–H groups in total. The Morgan fingerprint density at radius 2 is 2.07 bits per heavy atom. The maximum atomic E-state index is 13.9. The number of hydrogen-bond donors (Lipinski definition) is 0. The number of benzene rings is 1. The Labute approximate surface area is 167 Å². The monoisotopic (exact) mass is 397 g/mol. The van der Waals surface area contributed by atoms with Crippen LogP contribution < -0.4 is 15.2 Å². The van der Waals surface area contributed by atoms with E-state index in [4.69, 9.17) is 9.84 Å². The highest BCUT2D eigenvalue weighted by Crippen LogP contribution is 2.33. The first kappa shape index (κ1) is 18.1. The molecule has 3 heterocycles. The Morgan fingerprint density at radius 1 is 1.24 bits per heavy atom. The predicted octanol–water partition coefficient (Wildman–Crippen LogP) is 3.11. The van der Waals surface area contributed by atoms with Gasteiger partial charge in [-0.2, -0.15) is 5.10 Å². The molecule has 2 aliphatic rings. The summed E-state index contributed by atoms with van der Waals surface area (Å²) in [5.41, 5.74) is 1.36. The van der Waals surface area contributed by atoms with Gasteiger partial charge in [0.1, 0.15) is 5.82 Å². The summed E-state index contributed by atoms with van der Waals surface area (Å²) in [7, 11) is 0. The summed E-state index contributed by atoms with van der Waals surface area (Å²) in [6.07, 6.45) is 6.26. The molecule has 1 fully saturated rings. The van der Waals surface area contributed by atoms with Gasteiger partial charge in [-0.1, -0.05) is 12.8 Å². The standard InChI is InChI=1S/C21H24FN5O2/c1-2-29-18-11-15(7-8-16(18)22)25-9-10-26-19(13-25)24-27-17(21(26)28)12-23-20(27)14-5-3-4-6-14/h7-8,11-12,14H,2-6,9-10,13H2,1H3. The third kappa shape index (κ3) is 3.07. The molecule has 0 radical (unpaired) electrons. The summed E-state index contributed by atoms with van der Waals surface area (Å²) < 4.78 is 22.8. The molecule has 0 bridgehead atoms. The molecular formula is C21H24FN5O2. The van der Waals surface area contributed by atoms with Crippen LogP contribution in [0.4, 0.5) is 10.1 Å². The number of nitrogens with zero attached hydrogens (tertiary/aromatic N) is 5. The molecule has 1 aliphatic carbocycles. The smallest absolute Gasteiger partial charge is 0.279 e. The van der Waals surface area contributed by atoms with Crippen LogP contribution in [0.15, 0.2) is 29.2 Å². The first-order chi connectivity index (χ1) is 14.2. The summed E-state index contributed by atoms with van der Waals surface area (Å²) in [6.45, 7) is 3.89. The van der Waals surface area contributed by atoms with E-state index >= 15 is 0 Å². The second-order valence-corrected chi connectivity index (χ2v) is 7.74. The van der Waals surface area contributed by atoms with Crippen LogP contribution >= 0.6 is 0 Å². The van der Waals surface area contributed by atoms with Crippen molar-refractivity contribution in [2.45, 2.75) is 51.6 Å². The van der Waals surface area contributed by atoms with Crippen molar-refractivity contribution in [2.24, 2.45) is 0 Å². The Kier molecular flexibility index (Phi) is 4.49. The quantitative estimate of drug-likeness (QED) is 0.677. The lowest BCUT2D eigenvalue weighted by Crippen LogP contribution is -2.41. The van der Waals surface area contributed by atoms with E-state index in [1.807, 2.05) is 6.92 Å². The molecule has 0 spiro atoms. The molecule has 1 aromatic carbocycles. The first-order valence-corrected chi connectivity index (χ1v) is 10.3. The zero-order valence-corrected chi connectivity index (χ0v) is 16.5. The molecule has 1 saturated carbocycles. The number of anilines is 1. The number of imidazole rings is 1. The van der Waals surface area contributed by atoms with Crippen LogP contribution in [0.3, 0.4) is 0 Å². The number of halogens is 1. The van der Waals surface area contributed by atoms with E-state index in [-0.39, 0.29) is 17.1 Å². The Morgan fingerprint density at radius 3 is 2.86 bits per heavy atom. The van der Waals surface area contributed by atoms with Crippen LogP contribution in [0.2, 0.25) is 0 Å². The topological polar surface area (TPSA) is 64.7 Å². The maximum absolute atomic E-state index is 13.9. The minimum Gasteiger partial charge on any atom is -0.491 e. The summed E-state index contributed by atoms with van der Waals surface area (Å²) >= 11 is 0. The van der Waals surface area contributed by atoms with Gasteiger partial charge in [0.2, 0.25) is 0 Å². The molecular weight excluding hydrogens is 373 g/mol. The summed E-state index contributed by atoms with van der Waals surface area (Å²) in [6, 6.07) is 4.88. The molecule has 0 amide bonds. The first-order valence-electron chi connectivity index (χ1n) is 10.3. The van der Waals surface area contributed by atoms with Crippen molar-refractivity contribution in [3.05, 3.63) is 52.2 Å². The number of rotatable bonds is 4. The molecule has 2 aromatic heterocycles. The second-order valence-electron chi connectivity index (χ2n) is 7.74. The number of ether oxygens (including phenoxy) is 1. The van der Waals surface area contributed by atoms with Crippen molar-refractivity contribution in [1.29, 1.82) is 0 Å². The van der Waals surface area contributed by atoms with Crippen molar-refractivity contribution >= 4 is 11.2 Å². The lowest BCUT2D eigenvalue weighted by atomic mass is 10.1. The van der Waals surface area contributed by atoms with Gasteiger partial charge in [0, 0.05) is 30.8 Å². The zero-order chi connectivity index (χ0) is 20.0. The van der Waals surface area contributed by atoms with Gasteiger partial charge in [-0.15, -0.1) is 0 Å². The van der Waals surface area contributed by atoms with Gasteiger partial charge in [-0.05, 0) is 31.9 Å². The summed E-state index contributed by atoms with van der Waals surface area (Å²) in [5.74, 6) is 1.85. The highest BCUT2D eigenvalue weighted by Gasteiger charge is 2.26. The fourth-order valence-electron chi connectivity index (χ4n) is 4.49. The van der Waals surface area contributed by atoms with Crippen molar-refractivity contribution < 1.29 is 9.13 Å². The van der Waals surface area contributed by atoms with Crippen LogP contribution in [-0.2, 0) is 13.1 Å². The van der Waals surface area contributed by atoms with E-state index in [9.17, 15) is 9.18 Å². The Bertz CT molecular complexity index is 1120. The van der Waals surface area contributed by atoms with Crippen LogP contribution in [-0.4, -0.2) is 32.3 Å². The van der Waals surface area contributed by atoms with Crippen molar-refractivity contribution in [3.8, 4) is 5.75 Å². The Hall–Kier alpha value is -2.90. The van der Waals surface area contributed by atoms with Crippen molar-refractivity contribution in [2.75, 3.05) is 18.1 Å².